The van der Waals surface area contributed by atoms with E-state index >= 15 is 0 Å². The molecule has 0 aliphatic carbocycles. The van der Waals surface area contributed by atoms with Crippen molar-refractivity contribution in [2.75, 3.05) is 6.61 Å². The normalized spacial score (nSPS) is 30.6. The van der Waals surface area contributed by atoms with Gasteiger partial charge in [0.1, 0.15) is 18.0 Å². The molecule has 0 amide bonds. The third-order valence-electron chi connectivity index (χ3n) is 2.65. The minimum atomic E-state index is -1.46. The van der Waals surface area contributed by atoms with Crippen LogP contribution in [0.25, 0.3) is 0 Å². The topological polar surface area (TPSA) is 111 Å². The number of aliphatic hydroxyl groups excluding tert-OH is 2. The predicted molar refractivity (Wildman–Crippen MR) is 60.7 cm³/mol. The Hall–Kier alpha value is -1.90. The molecule has 1 aromatic rings. The van der Waals surface area contributed by atoms with Crippen molar-refractivity contribution < 1.29 is 29.6 Å². The van der Waals surface area contributed by atoms with E-state index in [1.807, 2.05) is 0 Å². The molecule has 104 valence electrons. The van der Waals surface area contributed by atoms with Crippen LogP contribution in [0.3, 0.4) is 0 Å². The van der Waals surface area contributed by atoms with Crippen LogP contribution in [0.15, 0.2) is 30.3 Å². The zero-order valence-corrected chi connectivity index (χ0v) is 9.79. The number of hydrogen-bond donors (Lipinski definition) is 2. The molecule has 19 heavy (non-hydrogen) atoms. The van der Waals surface area contributed by atoms with Crippen molar-refractivity contribution in [1.82, 2.24) is 0 Å². The third kappa shape index (κ3) is 3.31. The largest absolute Gasteiger partial charge is 0.462 e. The molecule has 1 aromatic carbocycles. The number of rotatable bonds is 4. The Kier molecular flexibility index (Phi) is 4.15. The molecule has 1 aliphatic rings. The zero-order valence-electron chi connectivity index (χ0n) is 9.79. The first-order valence-corrected chi connectivity index (χ1v) is 5.58. The van der Waals surface area contributed by atoms with Gasteiger partial charge in [0.25, 0.3) is 5.09 Å². The molecule has 2 rings (SSSR count). The molecule has 2 N–H and O–H groups in total. The molecule has 1 fully saturated rings. The van der Waals surface area contributed by atoms with Crippen LogP contribution in [0.1, 0.15) is 0 Å². The Morgan fingerprint density at radius 3 is 2.58 bits per heavy atom. The van der Waals surface area contributed by atoms with Crippen molar-refractivity contribution in [1.29, 1.82) is 0 Å². The fourth-order valence-electron chi connectivity index (χ4n) is 1.71. The van der Waals surface area contributed by atoms with E-state index < -0.39 is 29.7 Å². The molecule has 8 heteroatoms. The molecule has 0 spiro atoms. The fourth-order valence-corrected chi connectivity index (χ4v) is 1.71. The van der Waals surface area contributed by atoms with Gasteiger partial charge in [-0.2, -0.15) is 0 Å². The molecule has 4 atom stereocenters. The van der Waals surface area contributed by atoms with Crippen molar-refractivity contribution in [2.24, 2.45) is 0 Å². The Labute approximate surface area is 108 Å². The van der Waals surface area contributed by atoms with E-state index in [0.29, 0.717) is 5.75 Å². The van der Waals surface area contributed by atoms with Crippen LogP contribution in [-0.2, 0) is 9.57 Å². The van der Waals surface area contributed by atoms with Crippen molar-refractivity contribution in [3.8, 4) is 5.75 Å². The van der Waals surface area contributed by atoms with Crippen LogP contribution >= 0.6 is 0 Å². The standard InChI is InChI=1S/C11H13NO7/c13-9-8(19-12(15)16)6-17-11(10(9)14)18-7-4-2-1-3-5-7/h1-5,8-11,13-14H,6H2/t8-,9+,10-,11-/m1/s1. The summed E-state index contributed by atoms with van der Waals surface area (Å²) in [6.45, 7) is -0.253. The van der Waals surface area contributed by atoms with E-state index in [2.05, 4.69) is 4.84 Å². The van der Waals surface area contributed by atoms with Gasteiger partial charge in [0.2, 0.25) is 6.29 Å². The van der Waals surface area contributed by atoms with Gasteiger partial charge in [0, 0.05) is 0 Å². The van der Waals surface area contributed by atoms with E-state index in [1.165, 1.54) is 0 Å². The first kappa shape index (κ1) is 13.5. The summed E-state index contributed by atoms with van der Waals surface area (Å²) in [6.07, 6.45) is -5.25. The van der Waals surface area contributed by atoms with Crippen LogP contribution in [0.5, 0.6) is 5.75 Å². The van der Waals surface area contributed by atoms with Gasteiger partial charge in [-0.3, -0.25) is 0 Å². The summed E-state index contributed by atoms with van der Waals surface area (Å²) in [4.78, 5) is 14.4. The van der Waals surface area contributed by atoms with Gasteiger partial charge in [-0.05, 0) is 12.1 Å². The maximum absolute atomic E-state index is 10.2. The van der Waals surface area contributed by atoms with Crippen LogP contribution in [0.4, 0.5) is 0 Å². The van der Waals surface area contributed by atoms with Crippen molar-refractivity contribution in [3.63, 3.8) is 0 Å². The molecular weight excluding hydrogens is 258 g/mol. The molecule has 8 nitrogen and oxygen atoms in total. The van der Waals surface area contributed by atoms with E-state index in [-0.39, 0.29) is 6.61 Å². The summed E-state index contributed by atoms with van der Waals surface area (Å²) >= 11 is 0. The molecule has 0 aromatic heterocycles. The zero-order chi connectivity index (χ0) is 13.8. The smallest absolute Gasteiger partial charge is 0.294 e. The lowest BCUT2D eigenvalue weighted by Gasteiger charge is -2.35. The Morgan fingerprint density at radius 1 is 1.26 bits per heavy atom. The quantitative estimate of drug-likeness (QED) is 0.572. The van der Waals surface area contributed by atoms with Gasteiger partial charge < -0.3 is 24.5 Å². The average molecular weight is 271 g/mol. The van der Waals surface area contributed by atoms with Crippen molar-refractivity contribution in [3.05, 3.63) is 40.4 Å². The summed E-state index contributed by atoms with van der Waals surface area (Å²) in [5, 5.41) is 28.6. The third-order valence-corrected chi connectivity index (χ3v) is 2.65. The lowest BCUT2D eigenvalue weighted by atomic mass is 10.1. The number of benzene rings is 1. The average Bonchev–Trinajstić information content (AvgIpc) is 2.39. The van der Waals surface area contributed by atoms with Crippen molar-refractivity contribution in [2.45, 2.75) is 24.6 Å². The molecule has 0 radical (unpaired) electrons. The Balaban J connectivity index is 1.97. The van der Waals surface area contributed by atoms with E-state index in [9.17, 15) is 20.3 Å². The summed E-state index contributed by atoms with van der Waals surface area (Å²) in [5.41, 5.74) is 0. The number of nitrogens with zero attached hydrogens (tertiary/aromatic N) is 1. The number of aliphatic hydroxyl groups is 2. The first-order chi connectivity index (χ1) is 9.08. The molecule has 1 aliphatic heterocycles. The summed E-state index contributed by atoms with van der Waals surface area (Å²) < 4.78 is 10.5. The number of ether oxygens (including phenoxy) is 2. The lowest BCUT2D eigenvalue weighted by molar-refractivity contribution is -0.772. The Bertz CT molecular complexity index is 426. The first-order valence-electron chi connectivity index (χ1n) is 5.58. The van der Waals surface area contributed by atoms with Gasteiger partial charge >= 0.3 is 0 Å². The highest BCUT2D eigenvalue weighted by atomic mass is 17.0. The molecular formula is C11H13NO7. The SMILES string of the molecule is O=[N+]([O-])O[C@@H]1CO[C@H](Oc2ccccc2)[C@H](O)[C@H]1O. The summed E-state index contributed by atoms with van der Waals surface area (Å²) in [7, 11) is 0. The monoisotopic (exact) mass is 271 g/mol. The second kappa shape index (κ2) is 5.83. The van der Waals surface area contributed by atoms with Gasteiger partial charge in [-0.1, -0.05) is 18.2 Å². The van der Waals surface area contributed by atoms with E-state index in [0.717, 1.165) is 0 Å². The minimum absolute atomic E-state index is 0.253. The van der Waals surface area contributed by atoms with E-state index in [1.54, 1.807) is 30.3 Å². The molecule has 0 unspecified atom stereocenters. The van der Waals surface area contributed by atoms with Gasteiger partial charge in [-0.25, -0.2) is 0 Å². The van der Waals surface area contributed by atoms with Crippen LogP contribution in [0.2, 0.25) is 0 Å². The van der Waals surface area contributed by atoms with E-state index in [4.69, 9.17) is 9.47 Å². The highest BCUT2D eigenvalue weighted by Crippen LogP contribution is 2.21. The second-order valence-corrected chi connectivity index (χ2v) is 3.98. The van der Waals surface area contributed by atoms with Crippen LogP contribution in [-0.4, -0.2) is 46.5 Å². The number of para-hydroxylation sites is 1. The maximum Gasteiger partial charge on any atom is 0.294 e. The molecule has 0 bridgehead atoms. The fraction of sp³-hybridized carbons (Fsp3) is 0.455. The highest BCUT2D eigenvalue weighted by Gasteiger charge is 2.41. The van der Waals surface area contributed by atoms with Gasteiger partial charge in [-0.15, -0.1) is 10.1 Å². The Morgan fingerprint density at radius 2 is 1.95 bits per heavy atom. The van der Waals surface area contributed by atoms with Crippen LogP contribution < -0.4 is 4.74 Å². The molecule has 0 saturated carbocycles. The predicted octanol–water partition coefficient (Wildman–Crippen LogP) is -0.280. The molecule has 1 heterocycles. The summed E-state index contributed by atoms with van der Waals surface area (Å²) in [6, 6.07) is 8.57. The van der Waals surface area contributed by atoms with Crippen LogP contribution in [0, 0.1) is 10.1 Å². The minimum Gasteiger partial charge on any atom is -0.462 e. The van der Waals surface area contributed by atoms with Gasteiger partial charge in [0.05, 0.1) is 6.61 Å². The van der Waals surface area contributed by atoms with Crippen molar-refractivity contribution >= 4 is 0 Å². The number of hydrogen-bond acceptors (Lipinski definition) is 7. The molecule has 1 saturated heterocycles. The second-order valence-electron chi connectivity index (χ2n) is 3.98. The van der Waals surface area contributed by atoms with Gasteiger partial charge in [0.15, 0.2) is 6.10 Å². The maximum atomic E-state index is 10.2. The highest BCUT2D eigenvalue weighted by molar-refractivity contribution is 5.21. The lowest BCUT2D eigenvalue weighted by Crippen LogP contribution is -2.56. The summed E-state index contributed by atoms with van der Waals surface area (Å²) in [5.74, 6) is 0.451.